The molecule has 1 unspecified atom stereocenters. The van der Waals surface area contributed by atoms with Crippen LogP contribution in [0, 0.1) is 5.92 Å². The molecular weight excluding hydrogens is 198 g/mol. The zero-order valence-corrected chi connectivity index (χ0v) is 10.5. The van der Waals surface area contributed by atoms with E-state index in [0.29, 0.717) is 5.92 Å². The van der Waals surface area contributed by atoms with Gasteiger partial charge < -0.3 is 5.32 Å². The van der Waals surface area contributed by atoms with Crippen LogP contribution in [0.2, 0.25) is 0 Å². The largest absolute Gasteiger partial charge is 0.316 e. The SMILES string of the molecule is CCC(CC)CC(CS(C)(=O)=O)NC. The van der Waals surface area contributed by atoms with Crippen LogP contribution in [-0.2, 0) is 9.84 Å². The van der Waals surface area contributed by atoms with E-state index in [4.69, 9.17) is 0 Å². The van der Waals surface area contributed by atoms with Gasteiger partial charge in [-0.1, -0.05) is 26.7 Å². The lowest BCUT2D eigenvalue weighted by Crippen LogP contribution is -2.34. The van der Waals surface area contributed by atoms with Crippen molar-refractivity contribution in [1.82, 2.24) is 5.32 Å². The van der Waals surface area contributed by atoms with E-state index in [0.717, 1.165) is 19.3 Å². The molecule has 0 saturated heterocycles. The molecule has 0 fully saturated rings. The third kappa shape index (κ3) is 6.38. The molecule has 14 heavy (non-hydrogen) atoms. The Bertz CT molecular complexity index is 233. The molecule has 4 heteroatoms. The normalized spacial score (nSPS) is 14.6. The minimum Gasteiger partial charge on any atom is -0.316 e. The highest BCUT2D eigenvalue weighted by Gasteiger charge is 2.16. The van der Waals surface area contributed by atoms with Gasteiger partial charge in [0.25, 0.3) is 0 Å². The van der Waals surface area contributed by atoms with Gasteiger partial charge in [-0.05, 0) is 19.4 Å². The highest BCUT2D eigenvalue weighted by molar-refractivity contribution is 7.90. The Morgan fingerprint density at radius 3 is 2.00 bits per heavy atom. The van der Waals surface area contributed by atoms with Gasteiger partial charge in [-0.15, -0.1) is 0 Å². The molecule has 0 saturated carbocycles. The highest BCUT2D eigenvalue weighted by Crippen LogP contribution is 2.15. The van der Waals surface area contributed by atoms with Crippen LogP contribution in [0.3, 0.4) is 0 Å². The summed E-state index contributed by atoms with van der Waals surface area (Å²) in [7, 11) is -1.03. The van der Waals surface area contributed by atoms with Crippen LogP contribution in [-0.4, -0.2) is 33.5 Å². The van der Waals surface area contributed by atoms with E-state index in [-0.39, 0.29) is 11.8 Å². The second kappa shape index (κ2) is 6.40. The Morgan fingerprint density at radius 1 is 1.21 bits per heavy atom. The zero-order chi connectivity index (χ0) is 11.2. The minimum absolute atomic E-state index is 0.106. The van der Waals surface area contributed by atoms with Crippen molar-refractivity contribution in [2.24, 2.45) is 5.92 Å². The van der Waals surface area contributed by atoms with Gasteiger partial charge in [-0.3, -0.25) is 0 Å². The fourth-order valence-electron chi connectivity index (χ4n) is 1.66. The molecule has 0 rings (SSSR count). The van der Waals surface area contributed by atoms with E-state index in [2.05, 4.69) is 19.2 Å². The summed E-state index contributed by atoms with van der Waals surface area (Å²) >= 11 is 0. The highest BCUT2D eigenvalue weighted by atomic mass is 32.2. The molecule has 0 spiro atoms. The van der Waals surface area contributed by atoms with Crippen LogP contribution in [0.5, 0.6) is 0 Å². The summed E-state index contributed by atoms with van der Waals surface area (Å²) in [6.45, 7) is 4.31. The standard InChI is InChI=1S/C10H23NO2S/c1-5-9(6-2)7-10(11-3)8-14(4,12)13/h9-11H,5-8H2,1-4H3. The molecule has 0 aliphatic carbocycles. The molecule has 0 aromatic carbocycles. The molecule has 0 amide bonds. The molecule has 0 aliphatic heterocycles. The van der Waals surface area contributed by atoms with Crippen molar-refractivity contribution in [1.29, 1.82) is 0 Å². The Hall–Kier alpha value is -0.0900. The van der Waals surface area contributed by atoms with Crippen molar-refractivity contribution in [2.45, 2.75) is 39.2 Å². The molecule has 0 bridgehead atoms. The quantitative estimate of drug-likeness (QED) is 0.707. The predicted molar refractivity (Wildman–Crippen MR) is 61.2 cm³/mol. The fraction of sp³-hybridized carbons (Fsp3) is 1.00. The first-order valence-corrected chi connectivity index (χ1v) is 7.33. The fourth-order valence-corrected chi connectivity index (χ4v) is 2.69. The Kier molecular flexibility index (Phi) is 6.36. The number of rotatable bonds is 7. The lowest BCUT2D eigenvalue weighted by molar-refractivity contribution is 0.394. The van der Waals surface area contributed by atoms with Crippen LogP contribution in [0.15, 0.2) is 0 Å². The smallest absolute Gasteiger partial charge is 0.148 e. The maximum atomic E-state index is 11.1. The molecule has 1 atom stereocenters. The topological polar surface area (TPSA) is 46.2 Å². The second-order valence-electron chi connectivity index (χ2n) is 4.00. The number of sulfone groups is 1. The Balaban J connectivity index is 4.15. The lowest BCUT2D eigenvalue weighted by atomic mass is 9.95. The van der Waals surface area contributed by atoms with Crippen LogP contribution in [0.4, 0.5) is 0 Å². The number of nitrogens with one attached hydrogen (secondary N) is 1. The minimum atomic E-state index is -2.86. The van der Waals surface area contributed by atoms with Crippen molar-refractivity contribution in [3.05, 3.63) is 0 Å². The number of hydrogen-bond acceptors (Lipinski definition) is 3. The molecule has 0 heterocycles. The van der Waals surface area contributed by atoms with Gasteiger partial charge in [-0.2, -0.15) is 0 Å². The molecule has 1 N–H and O–H groups in total. The van der Waals surface area contributed by atoms with Gasteiger partial charge in [0.2, 0.25) is 0 Å². The van der Waals surface area contributed by atoms with E-state index in [1.165, 1.54) is 6.26 Å². The summed E-state index contributed by atoms with van der Waals surface area (Å²) in [6, 6.07) is 0.106. The molecule has 86 valence electrons. The zero-order valence-electron chi connectivity index (χ0n) is 9.71. The third-order valence-electron chi connectivity index (χ3n) is 2.68. The first kappa shape index (κ1) is 13.9. The van der Waals surface area contributed by atoms with Crippen molar-refractivity contribution in [3.8, 4) is 0 Å². The van der Waals surface area contributed by atoms with E-state index >= 15 is 0 Å². The Morgan fingerprint density at radius 2 is 1.71 bits per heavy atom. The Labute approximate surface area is 88.2 Å². The molecule has 0 aliphatic rings. The third-order valence-corrected chi connectivity index (χ3v) is 3.69. The van der Waals surface area contributed by atoms with Crippen LogP contribution < -0.4 is 5.32 Å². The van der Waals surface area contributed by atoms with Gasteiger partial charge in [0.1, 0.15) is 9.84 Å². The first-order valence-electron chi connectivity index (χ1n) is 5.27. The van der Waals surface area contributed by atoms with Crippen LogP contribution in [0.25, 0.3) is 0 Å². The van der Waals surface area contributed by atoms with Crippen molar-refractivity contribution in [3.63, 3.8) is 0 Å². The van der Waals surface area contributed by atoms with Crippen LogP contribution >= 0.6 is 0 Å². The first-order chi connectivity index (χ1) is 6.42. The summed E-state index contributed by atoms with van der Waals surface area (Å²) < 4.78 is 22.2. The second-order valence-corrected chi connectivity index (χ2v) is 6.18. The molecular formula is C10H23NO2S. The number of hydrogen-bond donors (Lipinski definition) is 1. The van der Waals surface area contributed by atoms with Gasteiger partial charge >= 0.3 is 0 Å². The summed E-state index contributed by atoms with van der Waals surface area (Å²) in [4.78, 5) is 0. The summed E-state index contributed by atoms with van der Waals surface area (Å²) in [5, 5.41) is 3.08. The summed E-state index contributed by atoms with van der Waals surface area (Å²) in [6.07, 6.45) is 4.50. The van der Waals surface area contributed by atoms with Crippen molar-refractivity contribution in [2.75, 3.05) is 19.1 Å². The van der Waals surface area contributed by atoms with E-state index in [9.17, 15) is 8.42 Å². The van der Waals surface area contributed by atoms with Gasteiger partial charge in [-0.25, -0.2) is 8.42 Å². The lowest BCUT2D eigenvalue weighted by Gasteiger charge is -2.20. The van der Waals surface area contributed by atoms with Gasteiger partial charge in [0.05, 0.1) is 5.75 Å². The maximum Gasteiger partial charge on any atom is 0.148 e. The molecule has 0 aromatic heterocycles. The molecule has 0 radical (unpaired) electrons. The van der Waals surface area contributed by atoms with E-state index in [1.54, 1.807) is 0 Å². The van der Waals surface area contributed by atoms with E-state index in [1.807, 2.05) is 7.05 Å². The maximum absolute atomic E-state index is 11.1. The summed E-state index contributed by atoms with van der Waals surface area (Å²) in [5.74, 6) is 0.884. The van der Waals surface area contributed by atoms with Crippen molar-refractivity contribution < 1.29 is 8.42 Å². The van der Waals surface area contributed by atoms with E-state index < -0.39 is 9.84 Å². The average molecular weight is 221 g/mol. The van der Waals surface area contributed by atoms with Gasteiger partial charge in [0, 0.05) is 12.3 Å². The van der Waals surface area contributed by atoms with Crippen molar-refractivity contribution >= 4 is 9.84 Å². The van der Waals surface area contributed by atoms with Crippen LogP contribution in [0.1, 0.15) is 33.1 Å². The molecule has 0 aromatic rings. The summed E-state index contributed by atoms with van der Waals surface area (Å²) in [5.41, 5.74) is 0. The van der Waals surface area contributed by atoms with Gasteiger partial charge in [0.15, 0.2) is 0 Å². The average Bonchev–Trinajstić information content (AvgIpc) is 2.10. The monoisotopic (exact) mass is 221 g/mol. The molecule has 3 nitrogen and oxygen atoms in total. The predicted octanol–water partition coefficient (Wildman–Crippen LogP) is 1.45.